The van der Waals surface area contributed by atoms with Gasteiger partial charge in [-0.2, -0.15) is 0 Å². The van der Waals surface area contributed by atoms with E-state index in [9.17, 15) is 5.11 Å². The second-order valence-corrected chi connectivity index (χ2v) is 10.4. The van der Waals surface area contributed by atoms with Crippen LogP contribution in [0.4, 0.5) is 0 Å². The van der Waals surface area contributed by atoms with Gasteiger partial charge >= 0.3 is 0 Å². The van der Waals surface area contributed by atoms with Crippen molar-refractivity contribution in [3.63, 3.8) is 0 Å². The average molecular weight is 395 g/mol. The lowest BCUT2D eigenvalue weighted by Gasteiger charge is -2.29. The van der Waals surface area contributed by atoms with Gasteiger partial charge in [-0.05, 0) is 52.0 Å². The van der Waals surface area contributed by atoms with Gasteiger partial charge in [-0.25, -0.2) is 0 Å². The summed E-state index contributed by atoms with van der Waals surface area (Å²) in [5, 5.41) is 10.5. The first-order valence-electron chi connectivity index (χ1n) is 10.6. The first-order valence-corrected chi connectivity index (χ1v) is 10.6. The molecule has 0 spiro atoms. The van der Waals surface area contributed by atoms with Gasteiger partial charge in [0.25, 0.3) is 0 Å². The zero-order chi connectivity index (χ0) is 21.8. The molecule has 2 rings (SSSR count). The number of aliphatic hydroxyl groups is 1. The molecule has 0 aromatic heterocycles. The summed E-state index contributed by atoms with van der Waals surface area (Å²) in [5.74, 6) is 1.30. The Morgan fingerprint density at radius 3 is 2.17 bits per heavy atom. The van der Waals surface area contributed by atoms with Crippen LogP contribution in [-0.4, -0.2) is 11.7 Å². The fourth-order valence-corrected chi connectivity index (χ4v) is 4.01. The maximum absolute atomic E-state index is 10.5. The van der Waals surface area contributed by atoms with Gasteiger partial charge in [0.05, 0.1) is 12.7 Å². The molecule has 0 amide bonds. The van der Waals surface area contributed by atoms with E-state index in [0.29, 0.717) is 12.5 Å². The van der Waals surface area contributed by atoms with Crippen LogP contribution in [0, 0.1) is 11.3 Å². The van der Waals surface area contributed by atoms with E-state index < -0.39 is 6.10 Å². The minimum Gasteiger partial charge on any atom is -0.493 e. The van der Waals surface area contributed by atoms with Crippen molar-refractivity contribution in [1.82, 2.24) is 0 Å². The summed E-state index contributed by atoms with van der Waals surface area (Å²) < 4.78 is 6.42. The summed E-state index contributed by atoms with van der Waals surface area (Å²) in [6.07, 6.45) is 1.94. The third kappa shape index (κ3) is 6.47. The number of hydrogen-bond donors (Lipinski definition) is 1. The quantitative estimate of drug-likeness (QED) is 0.498. The van der Waals surface area contributed by atoms with Crippen LogP contribution in [0.5, 0.6) is 5.75 Å². The molecule has 0 saturated carbocycles. The molecule has 0 aliphatic carbocycles. The van der Waals surface area contributed by atoms with Crippen LogP contribution in [0.15, 0.2) is 55.1 Å². The fourth-order valence-electron chi connectivity index (χ4n) is 4.01. The first-order chi connectivity index (χ1) is 13.4. The zero-order valence-electron chi connectivity index (χ0n) is 19.3. The maximum Gasteiger partial charge on any atom is 0.124 e. The number of rotatable bonds is 7. The van der Waals surface area contributed by atoms with Crippen molar-refractivity contribution in [3.8, 4) is 16.9 Å². The summed E-state index contributed by atoms with van der Waals surface area (Å²) >= 11 is 0. The third-order valence-electron chi connectivity index (χ3n) is 5.01. The predicted molar refractivity (Wildman–Crippen MR) is 124 cm³/mol. The van der Waals surface area contributed by atoms with Gasteiger partial charge in [0.1, 0.15) is 5.75 Å². The monoisotopic (exact) mass is 394 g/mol. The topological polar surface area (TPSA) is 29.5 Å². The minimum absolute atomic E-state index is 0.106. The average Bonchev–Trinajstić information content (AvgIpc) is 2.63. The van der Waals surface area contributed by atoms with E-state index in [1.165, 1.54) is 5.56 Å². The van der Waals surface area contributed by atoms with Crippen LogP contribution in [0.25, 0.3) is 11.1 Å². The van der Waals surface area contributed by atoms with Crippen molar-refractivity contribution in [2.45, 2.75) is 66.4 Å². The lowest BCUT2D eigenvalue weighted by atomic mass is 9.80. The van der Waals surface area contributed by atoms with Gasteiger partial charge in [-0.3, -0.25) is 0 Å². The van der Waals surface area contributed by atoms with E-state index in [4.69, 9.17) is 4.74 Å². The standard InChI is InChI=1S/C27H38O2/c1-9-23(28)21-15-22(20-13-11-10-12-14-20)25(27(6,7)8)24(16-21)29-18-19(2)17-26(3,4)5/h9-16,19,23,28H,1,17-18H2,2-8H3. The molecule has 0 radical (unpaired) electrons. The third-order valence-corrected chi connectivity index (χ3v) is 5.01. The van der Waals surface area contributed by atoms with Gasteiger partial charge in [0, 0.05) is 5.56 Å². The van der Waals surface area contributed by atoms with E-state index in [2.05, 4.69) is 73.2 Å². The highest BCUT2D eigenvalue weighted by molar-refractivity contribution is 5.73. The molecular weight excluding hydrogens is 356 g/mol. The second-order valence-electron chi connectivity index (χ2n) is 10.4. The number of aliphatic hydroxyl groups excluding tert-OH is 1. The highest BCUT2D eigenvalue weighted by Crippen LogP contribution is 2.42. The van der Waals surface area contributed by atoms with Crippen molar-refractivity contribution < 1.29 is 9.84 Å². The Morgan fingerprint density at radius 1 is 1.03 bits per heavy atom. The van der Waals surface area contributed by atoms with Gasteiger partial charge in [-0.1, -0.05) is 84.9 Å². The molecule has 0 fully saturated rings. The van der Waals surface area contributed by atoms with E-state index in [-0.39, 0.29) is 10.8 Å². The van der Waals surface area contributed by atoms with Crippen LogP contribution in [0.2, 0.25) is 0 Å². The normalized spacial score (nSPS) is 14.3. The van der Waals surface area contributed by atoms with Crippen LogP contribution >= 0.6 is 0 Å². The molecule has 0 bridgehead atoms. The van der Waals surface area contributed by atoms with Crippen molar-refractivity contribution in [2.75, 3.05) is 6.61 Å². The van der Waals surface area contributed by atoms with Crippen LogP contribution < -0.4 is 4.74 Å². The molecule has 0 heterocycles. The summed E-state index contributed by atoms with van der Waals surface area (Å²) in [6.45, 7) is 20.1. The summed E-state index contributed by atoms with van der Waals surface area (Å²) in [7, 11) is 0. The van der Waals surface area contributed by atoms with Crippen LogP contribution in [-0.2, 0) is 5.41 Å². The minimum atomic E-state index is -0.721. The fraction of sp³-hybridized carbons (Fsp3) is 0.481. The zero-order valence-corrected chi connectivity index (χ0v) is 19.3. The van der Waals surface area contributed by atoms with Crippen LogP contribution in [0.3, 0.4) is 0 Å². The van der Waals surface area contributed by atoms with Gasteiger partial charge in [0.2, 0.25) is 0 Å². The maximum atomic E-state index is 10.5. The Balaban J connectivity index is 2.56. The summed E-state index contributed by atoms with van der Waals surface area (Å²) in [4.78, 5) is 0. The van der Waals surface area contributed by atoms with Crippen molar-refractivity contribution >= 4 is 0 Å². The molecule has 0 aliphatic heterocycles. The molecule has 2 nitrogen and oxygen atoms in total. The first kappa shape index (κ1) is 23.2. The largest absolute Gasteiger partial charge is 0.493 e. The number of hydrogen-bond acceptors (Lipinski definition) is 2. The summed E-state index contributed by atoms with van der Waals surface area (Å²) in [6, 6.07) is 14.4. The second kappa shape index (κ2) is 9.17. The molecule has 158 valence electrons. The van der Waals surface area contributed by atoms with Gasteiger partial charge in [0.15, 0.2) is 0 Å². The molecule has 2 atom stereocenters. The van der Waals surface area contributed by atoms with E-state index in [1.807, 2.05) is 24.3 Å². The van der Waals surface area contributed by atoms with Crippen LogP contribution in [0.1, 0.15) is 72.1 Å². The van der Waals surface area contributed by atoms with Crippen molar-refractivity contribution in [3.05, 3.63) is 66.2 Å². The van der Waals surface area contributed by atoms with E-state index in [1.54, 1.807) is 6.08 Å². The Labute approximate surface area is 177 Å². The Bertz CT molecular complexity index is 807. The Kier molecular flexibility index (Phi) is 7.35. The van der Waals surface area contributed by atoms with Crippen molar-refractivity contribution in [1.29, 1.82) is 0 Å². The molecular formula is C27H38O2. The predicted octanol–water partition coefficient (Wildman–Crippen LogP) is 7.32. The number of benzene rings is 2. The lowest BCUT2D eigenvalue weighted by Crippen LogP contribution is -2.20. The molecule has 1 N–H and O–H groups in total. The van der Waals surface area contributed by atoms with Gasteiger partial charge < -0.3 is 9.84 Å². The lowest BCUT2D eigenvalue weighted by molar-refractivity contribution is 0.202. The Morgan fingerprint density at radius 2 is 1.66 bits per heavy atom. The van der Waals surface area contributed by atoms with Gasteiger partial charge in [-0.15, -0.1) is 6.58 Å². The molecule has 2 unspecified atom stereocenters. The molecule has 2 aromatic rings. The smallest absolute Gasteiger partial charge is 0.124 e. The van der Waals surface area contributed by atoms with Crippen molar-refractivity contribution in [2.24, 2.45) is 11.3 Å². The molecule has 0 aliphatic rings. The molecule has 2 heteroatoms. The van der Waals surface area contributed by atoms with E-state index >= 15 is 0 Å². The molecule has 29 heavy (non-hydrogen) atoms. The highest BCUT2D eigenvalue weighted by atomic mass is 16.5. The SMILES string of the molecule is C=CC(O)c1cc(OCC(C)CC(C)(C)C)c(C(C)(C)C)c(-c2ccccc2)c1. The Hall–Kier alpha value is -2.06. The molecule has 0 saturated heterocycles. The number of ether oxygens (including phenoxy) is 1. The summed E-state index contributed by atoms with van der Waals surface area (Å²) in [5.41, 5.74) is 4.38. The highest BCUT2D eigenvalue weighted by Gasteiger charge is 2.26. The van der Waals surface area contributed by atoms with E-state index in [0.717, 1.165) is 28.9 Å². The molecule has 2 aromatic carbocycles.